The highest BCUT2D eigenvalue weighted by atomic mass is 16.1. The molecule has 1 rings (SSSR count). The first-order valence-electron chi connectivity index (χ1n) is 7.45. The summed E-state index contributed by atoms with van der Waals surface area (Å²) in [4.78, 5) is 13.9. The molecular formula is C16H27N3O. The summed E-state index contributed by atoms with van der Waals surface area (Å²) in [7, 11) is 1.65. The molecule has 0 aliphatic heterocycles. The third-order valence-corrected chi connectivity index (χ3v) is 3.36. The number of nitrogens with zero attached hydrogens (tertiary/aromatic N) is 1. The standard InChI is InChI=1S/C16H27N3O/c1-4-11-19(5-2)12-10-18-13-14-6-8-15(9-7-14)16(20)17-3/h6-9,18H,4-5,10-13H2,1-3H3,(H,17,20). The number of nitrogens with one attached hydrogen (secondary N) is 2. The van der Waals surface area contributed by atoms with E-state index in [0.29, 0.717) is 5.56 Å². The van der Waals surface area contributed by atoms with Crippen molar-refractivity contribution < 1.29 is 4.79 Å². The lowest BCUT2D eigenvalue weighted by atomic mass is 10.1. The van der Waals surface area contributed by atoms with E-state index in [2.05, 4.69) is 29.4 Å². The Kier molecular flexibility index (Phi) is 7.92. The van der Waals surface area contributed by atoms with E-state index in [1.165, 1.54) is 18.5 Å². The summed E-state index contributed by atoms with van der Waals surface area (Å²) in [5.41, 5.74) is 1.91. The fourth-order valence-corrected chi connectivity index (χ4v) is 2.13. The normalized spacial score (nSPS) is 10.8. The average molecular weight is 277 g/mol. The predicted octanol–water partition coefficient (Wildman–Crippen LogP) is 1.87. The Morgan fingerprint density at radius 3 is 2.40 bits per heavy atom. The van der Waals surface area contributed by atoms with Crippen molar-refractivity contribution in [3.05, 3.63) is 35.4 Å². The summed E-state index contributed by atoms with van der Waals surface area (Å²) in [6.45, 7) is 9.61. The van der Waals surface area contributed by atoms with E-state index < -0.39 is 0 Å². The molecule has 4 nitrogen and oxygen atoms in total. The molecule has 0 atom stereocenters. The van der Waals surface area contributed by atoms with Crippen LogP contribution in [-0.4, -0.2) is 44.0 Å². The second-order valence-corrected chi connectivity index (χ2v) is 4.89. The second kappa shape index (κ2) is 9.50. The van der Waals surface area contributed by atoms with Gasteiger partial charge in [0.15, 0.2) is 0 Å². The van der Waals surface area contributed by atoms with Crippen LogP contribution in [0.15, 0.2) is 24.3 Å². The Bertz CT molecular complexity index is 389. The number of carbonyl (C=O) groups is 1. The number of amides is 1. The summed E-state index contributed by atoms with van der Waals surface area (Å²) in [5.74, 6) is -0.0392. The van der Waals surface area contributed by atoms with Crippen molar-refractivity contribution in [2.24, 2.45) is 0 Å². The predicted molar refractivity (Wildman–Crippen MR) is 83.9 cm³/mol. The van der Waals surface area contributed by atoms with Crippen LogP contribution in [0.3, 0.4) is 0 Å². The molecule has 0 aliphatic carbocycles. The minimum atomic E-state index is -0.0392. The Morgan fingerprint density at radius 2 is 1.85 bits per heavy atom. The van der Waals surface area contributed by atoms with Gasteiger partial charge in [0.05, 0.1) is 0 Å². The molecule has 0 saturated carbocycles. The first-order chi connectivity index (χ1) is 9.71. The van der Waals surface area contributed by atoms with E-state index in [-0.39, 0.29) is 5.91 Å². The molecular weight excluding hydrogens is 250 g/mol. The van der Waals surface area contributed by atoms with Crippen molar-refractivity contribution in [1.29, 1.82) is 0 Å². The second-order valence-electron chi connectivity index (χ2n) is 4.89. The fourth-order valence-electron chi connectivity index (χ4n) is 2.13. The number of carbonyl (C=O) groups excluding carboxylic acids is 1. The molecule has 4 heteroatoms. The molecule has 112 valence electrons. The minimum Gasteiger partial charge on any atom is -0.355 e. The van der Waals surface area contributed by atoms with Crippen LogP contribution in [0.2, 0.25) is 0 Å². The smallest absolute Gasteiger partial charge is 0.251 e. The number of hydrogen-bond donors (Lipinski definition) is 2. The van der Waals surface area contributed by atoms with Crippen molar-refractivity contribution in [2.45, 2.75) is 26.8 Å². The fraction of sp³-hybridized carbons (Fsp3) is 0.562. The Balaban J connectivity index is 2.30. The lowest BCUT2D eigenvalue weighted by molar-refractivity contribution is 0.0963. The molecule has 0 spiro atoms. The Morgan fingerprint density at radius 1 is 1.15 bits per heavy atom. The van der Waals surface area contributed by atoms with Crippen molar-refractivity contribution in [2.75, 3.05) is 33.2 Å². The number of likely N-dealkylation sites (N-methyl/N-ethyl adjacent to an activating group) is 1. The van der Waals surface area contributed by atoms with Gasteiger partial charge in [0, 0.05) is 32.2 Å². The van der Waals surface area contributed by atoms with Gasteiger partial charge in [-0.2, -0.15) is 0 Å². The van der Waals surface area contributed by atoms with Gasteiger partial charge in [0.25, 0.3) is 5.91 Å². The molecule has 1 amide bonds. The van der Waals surface area contributed by atoms with Gasteiger partial charge in [-0.15, -0.1) is 0 Å². The van der Waals surface area contributed by atoms with Crippen LogP contribution in [0, 0.1) is 0 Å². The molecule has 1 aromatic rings. The largest absolute Gasteiger partial charge is 0.355 e. The van der Waals surface area contributed by atoms with Crippen LogP contribution in [0.5, 0.6) is 0 Å². The highest BCUT2D eigenvalue weighted by molar-refractivity contribution is 5.93. The third kappa shape index (κ3) is 5.72. The van der Waals surface area contributed by atoms with Crippen LogP contribution in [-0.2, 0) is 6.54 Å². The van der Waals surface area contributed by atoms with E-state index in [1.54, 1.807) is 7.05 Å². The van der Waals surface area contributed by atoms with E-state index in [9.17, 15) is 4.79 Å². The molecule has 20 heavy (non-hydrogen) atoms. The van der Waals surface area contributed by atoms with E-state index in [1.807, 2.05) is 24.3 Å². The molecule has 0 aromatic heterocycles. The van der Waals surface area contributed by atoms with Gasteiger partial charge < -0.3 is 15.5 Å². The van der Waals surface area contributed by atoms with Crippen molar-refractivity contribution >= 4 is 5.91 Å². The minimum absolute atomic E-state index is 0.0392. The number of hydrogen-bond acceptors (Lipinski definition) is 3. The van der Waals surface area contributed by atoms with E-state index in [0.717, 1.165) is 26.2 Å². The van der Waals surface area contributed by atoms with Crippen LogP contribution >= 0.6 is 0 Å². The van der Waals surface area contributed by atoms with Gasteiger partial charge in [-0.1, -0.05) is 26.0 Å². The quantitative estimate of drug-likeness (QED) is 0.677. The zero-order chi connectivity index (χ0) is 14.8. The van der Waals surface area contributed by atoms with Gasteiger partial charge in [0.2, 0.25) is 0 Å². The number of benzene rings is 1. The average Bonchev–Trinajstić information content (AvgIpc) is 2.50. The summed E-state index contributed by atoms with van der Waals surface area (Å²) >= 11 is 0. The molecule has 0 unspecified atom stereocenters. The van der Waals surface area contributed by atoms with Crippen LogP contribution in [0.25, 0.3) is 0 Å². The summed E-state index contributed by atoms with van der Waals surface area (Å²) in [6, 6.07) is 7.74. The molecule has 0 aliphatic rings. The van der Waals surface area contributed by atoms with Crippen molar-refractivity contribution in [3.63, 3.8) is 0 Å². The summed E-state index contributed by atoms with van der Waals surface area (Å²) in [5, 5.41) is 6.07. The zero-order valence-electron chi connectivity index (χ0n) is 12.9. The maximum Gasteiger partial charge on any atom is 0.251 e. The third-order valence-electron chi connectivity index (χ3n) is 3.36. The highest BCUT2D eigenvalue weighted by Gasteiger charge is 2.02. The molecule has 0 fully saturated rings. The molecule has 0 bridgehead atoms. The van der Waals surface area contributed by atoms with Gasteiger partial charge >= 0.3 is 0 Å². The maximum atomic E-state index is 11.4. The van der Waals surface area contributed by atoms with Crippen molar-refractivity contribution in [1.82, 2.24) is 15.5 Å². The lowest BCUT2D eigenvalue weighted by Gasteiger charge is -2.19. The van der Waals surface area contributed by atoms with Crippen LogP contribution < -0.4 is 10.6 Å². The van der Waals surface area contributed by atoms with Gasteiger partial charge in [-0.25, -0.2) is 0 Å². The molecule has 0 heterocycles. The Labute approximate surface area is 122 Å². The van der Waals surface area contributed by atoms with Crippen molar-refractivity contribution in [3.8, 4) is 0 Å². The first-order valence-corrected chi connectivity index (χ1v) is 7.45. The van der Waals surface area contributed by atoms with Crippen LogP contribution in [0.1, 0.15) is 36.2 Å². The van der Waals surface area contributed by atoms with E-state index in [4.69, 9.17) is 0 Å². The zero-order valence-corrected chi connectivity index (χ0v) is 12.9. The highest BCUT2D eigenvalue weighted by Crippen LogP contribution is 2.04. The maximum absolute atomic E-state index is 11.4. The molecule has 0 saturated heterocycles. The summed E-state index contributed by atoms with van der Waals surface area (Å²) < 4.78 is 0. The van der Waals surface area contributed by atoms with Gasteiger partial charge in [-0.05, 0) is 37.2 Å². The van der Waals surface area contributed by atoms with Crippen LogP contribution in [0.4, 0.5) is 0 Å². The first kappa shape index (κ1) is 16.7. The van der Waals surface area contributed by atoms with Gasteiger partial charge in [0.1, 0.15) is 0 Å². The lowest BCUT2D eigenvalue weighted by Crippen LogP contribution is -2.32. The van der Waals surface area contributed by atoms with Gasteiger partial charge in [-0.3, -0.25) is 4.79 Å². The SMILES string of the molecule is CCCN(CC)CCNCc1ccc(C(=O)NC)cc1. The topological polar surface area (TPSA) is 44.4 Å². The Hall–Kier alpha value is -1.39. The molecule has 0 radical (unpaired) electrons. The number of rotatable bonds is 9. The molecule has 1 aromatic carbocycles. The summed E-state index contributed by atoms with van der Waals surface area (Å²) in [6.07, 6.45) is 1.20. The monoisotopic (exact) mass is 277 g/mol. The van der Waals surface area contributed by atoms with E-state index >= 15 is 0 Å². The molecule has 2 N–H and O–H groups in total.